The molecule has 5 heteroatoms. The van der Waals surface area contributed by atoms with Gasteiger partial charge in [-0.25, -0.2) is 9.97 Å². The number of amides is 1. The van der Waals surface area contributed by atoms with E-state index in [4.69, 9.17) is 0 Å². The Labute approximate surface area is 112 Å². The van der Waals surface area contributed by atoms with Gasteiger partial charge in [0.15, 0.2) is 0 Å². The number of aromatic nitrogens is 3. The summed E-state index contributed by atoms with van der Waals surface area (Å²) in [7, 11) is 0. The van der Waals surface area contributed by atoms with Gasteiger partial charge in [-0.05, 0) is 24.5 Å². The molecule has 0 atom stereocenters. The molecule has 2 aromatic rings. The number of carbonyl (C=O) groups is 1. The third-order valence-electron chi connectivity index (χ3n) is 2.75. The highest BCUT2D eigenvalue weighted by Gasteiger charge is 2.04. The Morgan fingerprint density at radius 1 is 1.42 bits per heavy atom. The topological polar surface area (TPSA) is 59.8 Å². The number of nitrogens with one attached hydrogen (secondary N) is 1. The van der Waals surface area contributed by atoms with Crippen molar-refractivity contribution in [1.29, 1.82) is 0 Å². The molecule has 0 aromatic carbocycles. The molecule has 0 unspecified atom stereocenters. The largest absolute Gasteiger partial charge is 0.325 e. The molecule has 19 heavy (non-hydrogen) atoms. The molecule has 2 rings (SSSR count). The molecule has 0 bridgehead atoms. The Hall–Kier alpha value is -2.17. The lowest BCUT2D eigenvalue weighted by Gasteiger charge is -2.07. The first-order valence-corrected chi connectivity index (χ1v) is 6.39. The van der Waals surface area contributed by atoms with Crippen LogP contribution in [0.3, 0.4) is 0 Å². The summed E-state index contributed by atoms with van der Waals surface area (Å²) in [4.78, 5) is 19.9. The maximum atomic E-state index is 11.7. The summed E-state index contributed by atoms with van der Waals surface area (Å²) in [6.45, 7) is 4.21. The second kappa shape index (κ2) is 6.13. The van der Waals surface area contributed by atoms with Gasteiger partial charge in [0.25, 0.3) is 0 Å². The Morgan fingerprint density at radius 2 is 2.26 bits per heavy atom. The standard InChI is InChI=1S/C14H18N4O/c1-11(2)3-6-14(19)17-12-4-5-13(16-9-12)18-8-7-15-10-18/h4-5,7-11H,3,6H2,1-2H3,(H,17,19). The minimum atomic E-state index is 0.0332. The number of anilines is 1. The minimum absolute atomic E-state index is 0.0332. The predicted molar refractivity (Wildman–Crippen MR) is 74.1 cm³/mol. The molecule has 0 aliphatic heterocycles. The molecule has 0 saturated carbocycles. The van der Waals surface area contributed by atoms with Crippen LogP contribution in [0, 0.1) is 5.92 Å². The fourth-order valence-corrected chi connectivity index (χ4v) is 1.65. The van der Waals surface area contributed by atoms with Crippen molar-refractivity contribution < 1.29 is 4.79 Å². The Balaban J connectivity index is 1.94. The number of rotatable bonds is 5. The van der Waals surface area contributed by atoms with Crippen molar-refractivity contribution in [1.82, 2.24) is 14.5 Å². The van der Waals surface area contributed by atoms with Crippen LogP contribution in [0.1, 0.15) is 26.7 Å². The van der Waals surface area contributed by atoms with Crippen LogP contribution in [0.5, 0.6) is 0 Å². The monoisotopic (exact) mass is 258 g/mol. The van der Waals surface area contributed by atoms with E-state index in [1.54, 1.807) is 18.7 Å². The number of hydrogen-bond donors (Lipinski definition) is 1. The number of imidazole rings is 1. The SMILES string of the molecule is CC(C)CCC(=O)Nc1ccc(-n2ccnc2)nc1. The van der Waals surface area contributed by atoms with E-state index in [0.717, 1.165) is 17.9 Å². The molecule has 2 heterocycles. The fraction of sp³-hybridized carbons (Fsp3) is 0.357. The van der Waals surface area contributed by atoms with Gasteiger partial charge in [0.2, 0.25) is 5.91 Å². The van der Waals surface area contributed by atoms with Crippen molar-refractivity contribution in [2.45, 2.75) is 26.7 Å². The predicted octanol–water partition coefficient (Wildman–Crippen LogP) is 2.64. The highest BCUT2D eigenvalue weighted by atomic mass is 16.1. The first kappa shape index (κ1) is 13.3. The molecule has 0 spiro atoms. The van der Waals surface area contributed by atoms with Crippen LogP contribution >= 0.6 is 0 Å². The molecule has 1 N–H and O–H groups in total. The molecule has 0 fully saturated rings. The van der Waals surface area contributed by atoms with Crippen LogP contribution in [0.15, 0.2) is 37.1 Å². The highest BCUT2D eigenvalue weighted by Crippen LogP contribution is 2.11. The fourth-order valence-electron chi connectivity index (χ4n) is 1.65. The van der Waals surface area contributed by atoms with Gasteiger partial charge >= 0.3 is 0 Å². The lowest BCUT2D eigenvalue weighted by Crippen LogP contribution is -2.12. The number of carbonyl (C=O) groups excluding carboxylic acids is 1. The first-order valence-electron chi connectivity index (χ1n) is 6.39. The molecule has 1 amide bonds. The lowest BCUT2D eigenvalue weighted by molar-refractivity contribution is -0.116. The molecule has 0 radical (unpaired) electrons. The van der Waals surface area contributed by atoms with Gasteiger partial charge in [0.05, 0.1) is 11.9 Å². The van der Waals surface area contributed by atoms with Gasteiger partial charge in [-0.3, -0.25) is 9.36 Å². The van der Waals surface area contributed by atoms with Crippen LogP contribution in [0.25, 0.3) is 5.82 Å². The molecule has 0 aliphatic rings. The van der Waals surface area contributed by atoms with E-state index in [2.05, 4.69) is 29.1 Å². The van der Waals surface area contributed by atoms with Crippen molar-refractivity contribution in [3.05, 3.63) is 37.1 Å². The summed E-state index contributed by atoms with van der Waals surface area (Å²) in [5.74, 6) is 1.34. The van der Waals surface area contributed by atoms with Gasteiger partial charge < -0.3 is 5.32 Å². The summed E-state index contributed by atoms with van der Waals surface area (Å²) >= 11 is 0. The third-order valence-corrected chi connectivity index (χ3v) is 2.75. The van der Waals surface area contributed by atoms with Crippen LogP contribution in [0.4, 0.5) is 5.69 Å². The van der Waals surface area contributed by atoms with E-state index in [0.29, 0.717) is 12.3 Å². The van der Waals surface area contributed by atoms with Gasteiger partial charge in [-0.1, -0.05) is 13.8 Å². The van der Waals surface area contributed by atoms with Crippen molar-refractivity contribution in [2.24, 2.45) is 5.92 Å². The minimum Gasteiger partial charge on any atom is -0.325 e. The van der Waals surface area contributed by atoms with Gasteiger partial charge in [-0.15, -0.1) is 0 Å². The van der Waals surface area contributed by atoms with Gasteiger partial charge in [-0.2, -0.15) is 0 Å². The average Bonchev–Trinajstić information content (AvgIpc) is 2.91. The number of hydrogen-bond acceptors (Lipinski definition) is 3. The van der Waals surface area contributed by atoms with Crippen molar-refractivity contribution in [2.75, 3.05) is 5.32 Å². The second-order valence-corrected chi connectivity index (χ2v) is 4.86. The zero-order valence-corrected chi connectivity index (χ0v) is 11.2. The van der Waals surface area contributed by atoms with Crippen molar-refractivity contribution >= 4 is 11.6 Å². The van der Waals surface area contributed by atoms with Crippen LogP contribution in [0.2, 0.25) is 0 Å². The van der Waals surface area contributed by atoms with E-state index in [9.17, 15) is 4.79 Å². The summed E-state index contributed by atoms with van der Waals surface area (Å²) in [6.07, 6.45) is 8.30. The van der Waals surface area contributed by atoms with E-state index in [1.165, 1.54) is 0 Å². The molecule has 2 aromatic heterocycles. The smallest absolute Gasteiger partial charge is 0.224 e. The molecule has 5 nitrogen and oxygen atoms in total. The Morgan fingerprint density at radius 3 is 2.84 bits per heavy atom. The second-order valence-electron chi connectivity index (χ2n) is 4.86. The van der Waals surface area contributed by atoms with Crippen molar-refractivity contribution in [3.63, 3.8) is 0 Å². The summed E-state index contributed by atoms with van der Waals surface area (Å²) in [6, 6.07) is 3.69. The molecule has 0 aliphatic carbocycles. The van der Waals surface area contributed by atoms with Gasteiger partial charge in [0, 0.05) is 18.8 Å². The van der Waals surface area contributed by atoms with Crippen molar-refractivity contribution in [3.8, 4) is 5.82 Å². The van der Waals surface area contributed by atoms with Gasteiger partial charge in [0.1, 0.15) is 12.1 Å². The first-order chi connectivity index (χ1) is 9.15. The molecular weight excluding hydrogens is 240 g/mol. The third kappa shape index (κ3) is 3.91. The Kier molecular flexibility index (Phi) is 4.28. The maximum Gasteiger partial charge on any atom is 0.224 e. The average molecular weight is 258 g/mol. The van der Waals surface area contributed by atoms with Crippen LogP contribution in [-0.4, -0.2) is 20.4 Å². The lowest BCUT2D eigenvalue weighted by atomic mass is 10.1. The summed E-state index contributed by atoms with van der Waals surface area (Å²) in [5, 5.41) is 2.84. The van der Waals surface area contributed by atoms with E-state index < -0.39 is 0 Å². The normalized spacial score (nSPS) is 10.7. The quantitative estimate of drug-likeness (QED) is 0.896. The zero-order valence-electron chi connectivity index (χ0n) is 11.2. The molecule has 100 valence electrons. The number of nitrogens with zero attached hydrogens (tertiary/aromatic N) is 3. The number of pyridine rings is 1. The Bertz CT molecular complexity index is 517. The maximum absolute atomic E-state index is 11.7. The van der Waals surface area contributed by atoms with E-state index in [1.807, 2.05) is 22.9 Å². The van der Waals surface area contributed by atoms with Crippen LogP contribution in [-0.2, 0) is 4.79 Å². The summed E-state index contributed by atoms with van der Waals surface area (Å²) in [5.41, 5.74) is 0.720. The molecular formula is C14H18N4O. The van der Waals surface area contributed by atoms with E-state index in [-0.39, 0.29) is 5.91 Å². The molecule has 0 saturated heterocycles. The summed E-state index contributed by atoms with van der Waals surface area (Å²) < 4.78 is 1.81. The van der Waals surface area contributed by atoms with Crippen LogP contribution < -0.4 is 5.32 Å². The zero-order chi connectivity index (χ0) is 13.7. The van der Waals surface area contributed by atoms with E-state index >= 15 is 0 Å². The highest BCUT2D eigenvalue weighted by molar-refractivity contribution is 5.90.